The van der Waals surface area contributed by atoms with Crippen molar-refractivity contribution in [3.63, 3.8) is 0 Å². The number of nitrogens with one attached hydrogen (secondary N) is 2. The molecule has 0 aliphatic heterocycles. The molecular formula is C23H24F3N5O4S. The maximum absolute atomic E-state index is 13.2. The van der Waals surface area contributed by atoms with Crippen LogP contribution in [-0.2, 0) is 19.6 Å². The Kier molecular flexibility index (Phi) is 6.88. The van der Waals surface area contributed by atoms with Crippen LogP contribution in [-0.4, -0.2) is 52.1 Å². The van der Waals surface area contributed by atoms with Gasteiger partial charge in [-0.05, 0) is 63.3 Å². The van der Waals surface area contributed by atoms with Crippen LogP contribution in [0.3, 0.4) is 0 Å². The van der Waals surface area contributed by atoms with Gasteiger partial charge in [-0.25, -0.2) is 22.9 Å². The first-order valence-corrected chi connectivity index (χ1v) is 12.6. The first kappa shape index (κ1) is 25.8. The van der Waals surface area contributed by atoms with Gasteiger partial charge in [-0.15, -0.1) is 0 Å². The molecule has 3 aromatic rings. The Morgan fingerprint density at radius 3 is 2.42 bits per heavy atom. The highest BCUT2D eigenvalue weighted by Crippen LogP contribution is 2.35. The molecule has 0 amide bonds. The molecule has 0 atom stereocenters. The Morgan fingerprint density at radius 1 is 1.17 bits per heavy atom. The van der Waals surface area contributed by atoms with E-state index >= 15 is 0 Å². The first-order chi connectivity index (χ1) is 16.9. The lowest BCUT2D eigenvalue weighted by molar-refractivity contribution is -0.215. The summed E-state index contributed by atoms with van der Waals surface area (Å²) in [7, 11) is -4.01. The fraction of sp³-hybridized carbons (Fsp3) is 0.391. The number of alkyl halides is 3. The Labute approximate surface area is 205 Å². The van der Waals surface area contributed by atoms with E-state index in [4.69, 9.17) is 0 Å². The highest BCUT2D eigenvalue weighted by atomic mass is 32.2. The van der Waals surface area contributed by atoms with Crippen LogP contribution in [0.15, 0.2) is 47.9 Å². The van der Waals surface area contributed by atoms with Crippen LogP contribution in [0.25, 0.3) is 22.6 Å². The van der Waals surface area contributed by atoms with Crippen molar-refractivity contribution in [3.05, 3.63) is 48.7 Å². The lowest BCUT2D eigenvalue weighted by atomic mass is 9.84. The topological polar surface area (TPSA) is 127 Å². The number of ether oxygens (including phenoxy) is 1. The van der Waals surface area contributed by atoms with Crippen molar-refractivity contribution in [2.75, 3.05) is 0 Å². The molecule has 4 rings (SSSR count). The van der Waals surface area contributed by atoms with Crippen molar-refractivity contribution in [1.82, 2.24) is 24.7 Å². The largest absolute Gasteiger partial charge is 0.490 e. The van der Waals surface area contributed by atoms with E-state index in [9.17, 15) is 26.4 Å². The quantitative estimate of drug-likeness (QED) is 0.469. The van der Waals surface area contributed by atoms with Crippen molar-refractivity contribution in [2.45, 2.75) is 62.2 Å². The molecule has 3 aromatic heterocycles. The number of pyridine rings is 2. The fourth-order valence-corrected chi connectivity index (χ4v) is 5.36. The van der Waals surface area contributed by atoms with Gasteiger partial charge in [0.2, 0.25) is 10.0 Å². The van der Waals surface area contributed by atoms with Gasteiger partial charge in [0.1, 0.15) is 16.2 Å². The van der Waals surface area contributed by atoms with Gasteiger partial charge in [-0.1, -0.05) is 0 Å². The van der Waals surface area contributed by atoms with E-state index in [1.165, 1.54) is 19.2 Å². The summed E-state index contributed by atoms with van der Waals surface area (Å²) in [5, 5.41) is 0. The summed E-state index contributed by atoms with van der Waals surface area (Å²) < 4.78 is 71.4. The second kappa shape index (κ2) is 9.62. The number of carbonyl (C=O) groups excluding carboxylic acids is 1. The summed E-state index contributed by atoms with van der Waals surface area (Å²) in [5.74, 6) is -1.76. The van der Waals surface area contributed by atoms with Gasteiger partial charge in [-0.3, -0.25) is 9.97 Å². The molecule has 3 heterocycles. The molecule has 0 saturated heterocycles. The molecule has 0 unspecified atom stereocenters. The van der Waals surface area contributed by atoms with E-state index in [-0.39, 0.29) is 30.6 Å². The molecule has 36 heavy (non-hydrogen) atoms. The molecule has 0 bridgehead atoms. The number of rotatable bonds is 6. The van der Waals surface area contributed by atoms with Crippen molar-refractivity contribution < 1.29 is 31.1 Å². The average molecular weight is 524 g/mol. The highest BCUT2D eigenvalue weighted by molar-refractivity contribution is 7.89. The number of H-pyrrole nitrogens is 1. The third kappa shape index (κ3) is 5.73. The van der Waals surface area contributed by atoms with Crippen LogP contribution in [0.2, 0.25) is 0 Å². The summed E-state index contributed by atoms with van der Waals surface area (Å²) in [5.41, 5.74) is 1.20. The maximum atomic E-state index is 13.2. The number of halogens is 3. The summed E-state index contributed by atoms with van der Waals surface area (Å²) >= 11 is 0. The fourth-order valence-electron chi connectivity index (χ4n) is 4.08. The Bertz CT molecular complexity index is 1350. The summed E-state index contributed by atoms with van der Waals surface area (Å²) in [6, 6.07) is 4.41. The van der Waals surface area contributed by atoms with Crippen molar-refractivity contribution in [1.29, 1.82) is 0 Å². The molecule has 0 aromatic carbocycles. The predicted molar refractivity (Wildman–Crippen MR) is 123 cm³/mol. The van der Waals surface area contributed by atoms with Gasteiger partial charge in [0.05, 0.1) is 0 Å². The molecule has 2 N–H and O–H groups in total. The van der Waals surface area contributed by atoms with E-state index in [0.717, 1.165) is 5.69 Å². The monoisotopic (exact) mass is 523 g/mol. The van der Waals surface area contributed by atoms with Crippen LogP contribution in [0.5, 0.6) is 0 Å². The van der Waals surface area contributed by atoms with Crippen LogP contribution >= 0.6 is 0 Å². The highest BCUT2D eigenvalue weighted by Gasteiger charge is 2.46. The molecule has 9 nitrogen and oxygen atoms in total. The smallest absolute Gasteiger partial charge is 0.453 e. The minimum Gasteiger partial charge on any atom is -0.453 e. The van der Waals surface area contributed by atoms with E-state index in [1.807, 2.05) is 6.92 Å². The molecule has 1 aliphatic rings. The van der Waals surface area contributed by atoms with E-state index in [1.54, 1.807) is 30.7 Å². The van der Waals surface area contributed by atoms with Crippen molar-refractivity contribution in [2.24, 2.45) is 0 Å². The molecule has 192 valence electrons. The van der Waals surface area contributed by atoms with Crippen molar-refractivity contribution >= 4 is 16.0 Å². The van der Waals surface area contributed by atoms with Gasteiger partial charge < -0.3 is 9.72 Å². The Hall–Kier alpha value is -3.32. The minimum atomic E-state index is -5.08. The summed E-state index contributed by atoms with van der Waals surface area (Å²) in [4.78, 5) is 26.9. The van der Waals surface area contributed by atoms with Gasteiger partial charge >= 0.3 is 12.1 Å². The number of aryl methyl sites for hydroxylation is 1. The van der Waals surface area contributed by atoms with E-state index in [2.05, 4.69) is 29.4 Å². The standard InChI is InChI=1S/C23H24F3N5O4S/c1-14-12-29-20(30-14)19-18(15-5-9-27-10-6-15)11-17(13-28-19)36(33,34)31-16-3-7-22(2,8-4-16)35-21(32)23(24,25)26/h5-6,9-13,16,31H,3-4,7-8H2,1-2H3,(H,29,30). The summed E-state index contributed by atoms with van der Waals surface area (Å²) in [6.07, 6.45) is 1.53. The van der Waals surface area contributed by atoms with E-state index in [0.29, 0.717) is 22.6 Å². The van der Waals surface area contributed by atoms with Crippen LogP contribution < -0.4 is 4.72 Å². The Balaban J connectivity index is 1.54. The predicted octanol–water partition coefficient (Wildman–Crippen LogP) is 3.93. The minimum absolute atomic E-state index is 0.0711. The normalized spacial score (nSPS) is 20.8. The van der Waals surface area contributed by atoms with Gasteiger partial charge in [-0.2, -0.15) is 13.2 Å². The zero-order chi connectivity index (χ0) is 26.1. The molecule has 13 heteroatoms. The van der Waals surface area contributed by atoms with Crippen molar-refractivity contribution in [3.8, 4) is 22.6 Å². The average Bonchev–Trinajstić information content (AvgIpc) is 3.26. The molecule has 1 fully saturated rings. The van der Waals surface area contributed by atoms with E-state index < -0.39 is 33.8 Å². The third-order valence-corrected chi connectivity index (χ3v) is 7.51. The molecule has 0 spiro atoms. The number of hydrogen-bond donors (Lipinski definition) is 2. The number of imidazole rings is 1. The number of aromatic amines is 1. The summed E-state index contributed by atoms with van der Waals surface area (Å²) in [6.45, 7) is 3.26. The second-order valence-electron chi connectivity index (χ2n) is 8.95. The number of hydrogen-bond acceptors (Lipinski definition) is 7. The van der Waals surface area contributed by atoms with Gasteiger partial charge in [0.25, 0.3) is 0 Å². The third-order valence-electron chi connectivity index (χ3n) is 6.03. The maximum Gasteiger partial charge on any atom is 0.490 e. The molecular weight excluding hydrogens is 499 g/mol. The van der Waals surface area contributed by atoms with Gasteiger partial charge in [0, 0.05) is 42.1 Å². The van der Waals surface area contributed by atoms with Crippen LogP contribution in [0, 0.1) is 6.92 Å². The SMILES string of the molecule is Cc1cnc(-c2ncc(S(=O)(=O)NC3CCC(C)(OC(=O)C(F)(F)F)CC3)cc2-c2ccncc2)[nH]1. The number of carbonyl (C=O) groups is 1. The number of nitrogens with zero attached hydrogens (tertiary/aromatic N) is 3. The molecule has 1 aliphatic carbocycles. The molecule has 0 radical (unpaired) electrons. The van der Waals surface area contributed by atoms with Crippen LogP contribution in [0.1, 0.15) is 38.3 Å². The zero-order valence-electron chi connectivity index (χ0n) is 19.5. The molecule has 1 saturated carbocycles. The lowest BCUT2D eigenvalue weighted by Gasteiger charge is -2.37. The lowest BCUT2D eigenvalue weighted by Crippen LogP contribution is -2.45. The first-order valence-electron chi connectivity index (χ1n) is 11.1. The zero-order valence-corrected chi connectivity index (χ0v) is 20.3. The van der Waals surface area contributed by atoms with Crippen LogP contribution in [0.4, 0.5) is 13.2 Å². The Morgan fingerprint density at radius 2 is 1.83 bits per heavy atom. The number of sulfonamides is 1. The second-order valence-corrected chi connectivity index (χ2v) is 10.7. The number of aromatic nitrogens is 4. The van der Waals surface area contributed by atoms with Gasteiger partial charge in [0.15, 0.2) is 5.82 Å². The number of esters is 1.